The lowest BCUT2D eigenvalue weighted by Gasteiger charge is -2.50. The molecule has 41 heavy (non-hydrogen) atoms. The van der Waals surface area contributed by atoms with Crippen LogP contribution in [-0.2, 0) is 6.18 Å². The second-order valence-electron chi connectivity index (χ2n) is 10.2. The van der Waals surface area contributed by atoms with Gasteiger partial charge in [0, 0.05) is 60.5 Å². The molecule has 2 aromatic heterocycles. The minimum Gasteiger partial charge on any atom is -0.495 e. The number of fused-ring (bicyclic) bond motifs is 1. The number of benzene rings is 1. The van der Waals surface area contributed by atoms with Crippen LogP contribution in [0.3, 0.4) is 0 Å². The topological polar surface area (TPSA) is 93.9 Å². The molecule has 5 rings (SSSR count). The molecule has 3 atom stereocenters. The second kappa shape index (κ2) is 11.4. The van der Waals surface area contributed by atoms with Crippen molar-refractivity contribution in [2.75, 3.05) is 37.1 Å². The first-order chi connectivity index (χ1) is 19.5. The van der Waals surface area contributed by atoms with E-state index in [-0.39, 0.29) is 29.9 Å². The number of thiophene rings is 1. The summed E-state index contributed by atoms with van der Waals surface area (Å²) in [5.41, 5.74) is 1.60. The van der Waals surface area contributed by atoms with E-state index in [2.05, 4.69) is 23.7 Å². The zero-order chi connectivity index (χ0) is 29.5. The van der Waals surface area contributed by atoms with Crippen molar-refractivity contribution in [2.45, 2.75) is 50.9 Å². The van der Waals surface area contributed by atoms with Crippen molar-refractivity contribution in [3.63, 3.8) is 0 Å². The number of methoxy groups -OCH3 is 2. The molecule has 220 valence electrons. The molecule has 0 unspecified atom stereocenters. The van der Waals surface area contributed by atoms with Crippen molar-refractivity contribution in [1.82, 2.24) is 9.88 Å². The van der Waals surface area contributed by atoms with Crippen molar-refractivity contribution in [3.05, 3.63) is 58.4 Å². The van der Waals surface area contributed by atoms with Crippen LogP contribution in [-0.4, -0.2) is 71.7 Å². The quantitative estimate of drug-likeness (QED) is 0.386. The van der Waals surface area contributed by atoms with E-state index in [9.17, 15) is 23.4 Å². The summed E-state index contributed by atoms with van der Waals surface area (Å²) in [4.78, 5) is 15.1. The minimum absolute atomic E-state index is 0.0236. The van der Waals surface area contributed by atoms with Gasteiger partial charge in [0.1, 0.15) is 5.75 Å². The lowest BCUT2D eigenvalue weighted by atomic mass is 9.99. The third-order valence-corrected chi connectivity index (χ3v) is 8.15. The number of anilines is 2. The van der Waals surface area contributed by atoms with Crippen LogP contribution in [0.2, 0.25) is 0 Å². The monoisotopic (exact) mass is 591 g/mol. The predicted molar refractivity (Wildman–Crippen MR) is 151 cm³/mol. The Morgan fingerprint density at radius 3 is 2.41 bits per heavy atom. The van der Waals surface area contributed by atoms with Gasteiger partial charge in [0.25, 0.3) is 0 Å². The second-order valence-corrected chi connectivity index (χ2v) is 10.9. The van der Waals surface area contributed by atoms with Gasteiger partial charge in [-0.3, -0.25) is 0 Å². The van der Waals surface area contributed by atoms with E-state index >= 15 is 0 Å². The van der Waals surface area contributed by atoms with Gasteiger partial charge in [-0.1, -0.05) is 0 Å². The molecule has 13 heteroatoms. The molecular formula is C28H32F3N5O4S. The van der Waals surface area contributed by atoms with E-state index in [1.165, 1.54) is 24.5 Å². The summed E-state index contributed by atoms with van der Waals surface area (Å²) in [6.07, 6.45) is -4.75. The summed E-state index contributed by atoms with van der Waals surface area (Å²) < 4.78 is 52.5. The summed E-state index contributed by atoms with van der Waals surface area (Å²) in [6, 6.07) is 6.33. The Balaban J connectivity index is 1.60. The Kier molecular flexibility index (Phi) is 8.04. The van der Waals surface area contributed by atoms with Crippen LogP contribution in [0.1, 0.15) is 37.4 Å². The SMILES string of the molecule is COc1cc(N2[C@H](C)CN(C3=Nc4cscc4[C@H](CC(O)O)N3c3cc(C(F)(F)F)ccc3OC)C[C@@H]2C)ccn1. The van der Waals surface area contributed by atoms with E-state index in [1.807, 2.05) is 27.8 Å². The number of pyridine rings is 1. The van der Waals surface area contributed by atoms with Crippen LogP contribution in [0.25, 0.3) is 0 Å². The average molecular weight is 592 g/mol. The van der Waals surface area contributed by atoms with E-state index in [4.69, 9.17) is 14.5 Å². The van der Waals surface area contributed by atoms with Gasteiger partial charge in [-0.05, 0) is 43.5 Å². The number of aliphatic hydroxyl groups is 2. The maximum atomic E-state index is 13.9. The van der Waals surface area contributed by atoms with Crippen LogP contribution in [0, 0.1) is 0 Å². The first-order valence-electron chi connectivity index (χ1n) is 13.1. The zero-order valence-electron chi connectivity index (χ0n) is 23.0. The highest BCUT2D eigenvalue weighted by atomic mass is 32.1. The molecule has 0 radical (unpaired) electrons. The Bertz CT molecular complexity index is 1400. The van der Waals surface area contributed by atoms with Crippen LogP contribution in [0.15, 0.2) is 52.3 Å². The van der Waals surface area contributed by atoms with Gasteiger partial charge in [-0.25, -0.2) is 9.98 Å². The fraction of sp³-hybridized carbons (Fsp3) is 0.429. The molecule has 2 N–H and O–H groups in total. The highest BCUT2D eigenvalue weighted by Gasteiger charge is 2.41. The van der Waals surface area contributed by atoms with Gasteiger partial charge in [-0.2, -0.15) is 13.2 Å². The first kappa shape index (κ1) is 29.0. The molecule has 2 aliphatic rings. The summed E-state index contributed by atoms with van der Waals surface area (Å²) in [5, 5.41) is 23.8. The third-order valence-electron chi connectivity index (χ3n) is 7.40. The summed E-state index contributed by atoms with van der Waals surface area (Å²) in [5.74, 6) is 1.13. The molecule has 0 spiro atoms. The lowest BCUT2D eigenvalue weighted by molar-refractivity contribution is -0.137. The van der Waals surface area contributed by atoms with Gasteiger partial charge in [0.2, 0.25) is 11.8 Å². The molecule has 2 aliphatic heterocycles. The summed E-state index contributed by atoms with van der Waals surface area (Å²) in [7, 11) is 2.96. The van der Waals surface area contributed by atoms with Crippen molar-refractivity contribution in [1.29, 1.82) is 0 Å². The number of hydrogen-bond donors (Lipinski definition) is 2. The number of alkyl halides is 3. The van der Waals surface area contributed by atoms with Gasteiger partial charge in [0.15, 0.2) is 6.29 Å². The fourth-order valence-electron chi connectivity index (χ4n) is 5.73. The first-order valence-corrected chi connectivity index (χ1v) is 14.0. The van der Waals surface area contributed by atoms with E-state index < -0.39 is 24.1 Å². The van der Waals surface area contributed by atoms with Crippen LogP contribution in [0.4, 0.5) is 30.2 Å². The minimum atomic E-state index is -4.59. The average Bonchev–Trinajstić information content (AvgIpc) is 3.40. The number of piperazine rings is 1. The molecule has 0 bridgehead atoms. The van der Waals surface area contributed by atoms with Crippen LogP contribution in [0.5, 0.6) is 11.6 Å². The Hall–Kier alpha value is -3.55. The predicted octanol–water partition coefficient (Wildman–Crippen LogP) is 5.03. The summed E-state index contributed by atoms with van der Waals surface area (Å²) >= 11 is 1.40. The molecule has 1 fully saturated rings. The summed E-state index contributed by atoms with van der Waals surface area (Å²) in [6.45, 7) is 5.14. The number of hydrogen-bond acceptors (Lipinski definition) is 10. The van der Waals surface area contributed by atoms with Crippen molar-refractivity contribution in [2.24, 2.45) is 4.99 Å². The molecule has 0 amide bonds. The number of rotatable bonds is 6. The Morgan fingerprint density at radius 1 is 1.05 bits per heavy atom. The number of aliphatic imine (C=N–C) groups is 1. The normalized spacial score (nSPS) is 21.2. The van der Waals surface area contributed by atoms with Crippen molar-refractivity contribution >= 4 is 34.4 Å². The molecule has 9 nitrogen and oxygen atoms in total. The van der Waals surface area contributed by atoms with E-state index in [0.29, 0.717) is 36.2 Å². The van der Waals surface area contributed by atoms with Gasteiger partial charge in [0.05, 0.1) is 37.2 Å². The molecule has 3 aromatic rings. The molecular weight excluding hydrogens is 559 g/mol. The Labute approximate surface area is 240 Å². The maximum absolute atomic E-state index is 13.9. The fourth-order valence-corrected chi connectivity index (χ4v) is 6.54. The molecule has 0 aliphatic carbocycles. The molecule has 0 saturated carbocycles. The number of ether oxygens (including phenoxy) is 2. The smallest absolute Gasteiger partial charge is 0.416 e. The number of nitrogens with zero attached hydrogens (tertiary/aromatic N) is 5. The number of guanidine groups is 1. The van der Waals surface area contributed by atoms with Crippen molar-refractivity contribution < 1.29 is 32.9 Å². The van der Waals surface area contributed by atoms with Gasteiger partial charge >= 0.3 is 6.18 Å². The van der Waals surface area contributed by atoms with Gasteiger partial charge < -0.3 is 34.4 Å². The number of halogens is 3. The Morgan fingerprint density at radius 2 is 1.78 bits per heavy atom. The highest BCUT2D eigenvalue weighted by Crippen LogP contribution is 2.47. The van der Waals surface area contributed by atoms with Gasteiger partial charge in [-0.15, -0.1) is 11.3 Å². The van der Waals surface area contributed by atoms with Crippen molar-refractivity contribution in [3.8, 4) is 11.6 Å². The highest BCUT2D eigenvalue weighted by molar-refractivity contribution is 7.08. The molecule has 1 aromatic carbocycles. The van der Waals surface area contributed by atoms with Crippen LogP contribution < -0.4 is 19.3 Å². The molecule has 4 heterocycles. The van der Waals surface area contributed by atoms with E-state index in [1.54, 1.807) is 18.2 Å². The lowest BCUT2D eigenvalue weighted by Crippen LogP contribution is -2.61. The third kappa shape index (κ3) is 5.66. The largest absolute Gasteiger partial charge is 0.495 e. The van der Waals surface area contributed by atoms with Crippen LogP contribution >= 0.6 is 11.3 Å². The number of aromatic nitrogens is 1. The van der Waals surface area contributed by atoms with E-state index in [0.717, 1.165) is 17.8 Å². The zero-order valence-corrected chi connectivity index (χ0v) is 23.9. The maximum Gasteiger partial charge on any atom is 0.416 e. The molecule has 1 saturated heterocycles. The number of aliphatic hydroxyl groups excluding tert-OH is 1. The standard InChI is InChI=1S/C28H32F3N5O4S/c1-16-12-34(13-17(2)35(16)19-7-8-32-25(10-19)40-4)27-33-21-15-41-14-20(21)22(11-26(37)38)36(27)23-9-18(28(29,30)31)5-6-24(23)39-3/h5-10,14-17,22,26,37-38H,11-13H2,1-4H3/t16-,17+,22-/m0/s1.